The topological polar surface area (TPSA) is 77.2 Å². The molecule has 0 aliphatic carbocycles. The van der Waals surface area contributed by atoms with Crippen LogP contribution in [0.15, 0.2) is 47.0 Å². The number of hydrogen-bond donors (Lipinski definition) is 1. The van der Waals surface area contributed by atoms with Crippen LogP contribution in [0.3, 0.4) is 0 Å². The zero-order valence-electron chi connectivity index (χ0n) is 14.4. The maximum absolute atomic E-state index is 12.2. The number of hydrogen-bond acceptors (Lipinski definition) is 5. The summed E-state index contributed by atoms with van der Waals surface area (Å²) in [5.41, 5.74) is 3.74. The largest absolute Gasteiger partial charge is 0.497 e. The first-order valence-corrected chi connectivity index (χ1v) is 7.88. The third-order valence-electron chi connectivity index (χ3n) is 3.63. The number of amides is 1. The zero-order valence-corrected chi connectivity index (χ0v) is 14.4. The van der Waals surface area contributed by atoms with Gasteiger partial charge in [-0.05, 0) is 61.4 Å². The molecule has 0 unspecified atom stereocenters. The highest BCUT2D eigenvalue weighted by Crippen LogP contribution is 2.20. The number of ether oxygens (including phenoxy) is 1. The summed E-state index contributed by atoms with van der Waals surface area (Å²) in [5.74, 6) is 1.26. The highest BCUT2D eigenvalue weighted by Gasteiger charge is 2.13. The monoisotopic (exact) mass is 337 g/mol. The Bertz CT molecular complexity index is 865. The highest BCUT2D eigenvalue weighted by atomic mass is 16.5. The van der Waals surface area contributed by atoms with Gasteiger partial charge in [-0.15, -0.1) is 0 Å². The van der Waals surface area contributed by atoms with Crippen molar-refractivity contribution in [3.8, 4) is 17.1 Å². The van der Waals surface area contributed by atoms with E-state index in [1.165, 1.54) is 0 Å². The number of rotatable bonds is 5. The summed E-state index contributed by atoms with van der Waals surface area (Å²) in [7, 11) is 1.61. The third kappa shape index (κ3) is 4.23. The third-order valence-corrected chi connectivity index (χ3v) is 3.63. The van der Waals surface area contributed by atoms with Gasteiger partial charge in [-0.25, -0.2) is 0 Å². The number of benzene rings is 2. The molecule has 0 radical (unpaired) electrons. The molecular formula is C19H19N3O3. The van der Waals surface area contributed by atoms with Gasteiger partial charge in [0.1, 0.15) is 12.2 Å². The van der Waals surface area contributed by atoms with Crippen LogP contribution >= 0.6 is 0 Å². The second-order valence-corrected chi connectivity index (χ2v) is 5.84. The molecule has 6 nitrogen and oxygen atoms in total. The minimum atomic E-state index is -0.199. The summed E-state index contributed by atoms with van der Waals surface area (Å²) in [6, 6.07) is 13.2. The average Bonchev–Trinajstić information content (AvgIpc) is 3.02. The van der Waals surface area contributed by atoms with E-state index in [0.717, 1.165) is 28.1 Å². The van der Waals surface area contributed by atoms with Gasteiger partial charge in [-0.3, -0.25) is 4.79 Å². The fourth-order valence-electron chi connectivity index (χ4n) is 2.57. The Balaban J connectivity index is 1.66. The molecule has 6 heteroatoms. The lowest BCUT2D eigenvalue weighted by atomic mass is 10.1. The van der Waals surface area contributed by atoms with Crippen molar-refractivity contribution in [2.75, 3.05) is 12.4 Å². The molecule has 2 aromatic carbocycles. The van der Waals surface area contributed by atoms with Crippen LogP contribution in [0.2, 0.25) is 0 Å². The Morgan fingerprint density at radius 2 is 1.80 bits per heavy atom. The predicted octanol–water partition coefficient (Wildman–Crippen LogP) is 3.54. The Morgan fingerprint density at radius 3 is 2.44 bits per heavy atom. The Hall–Kier alpha value is -3.15. The molecule has 25 heavy (non-hydrogen) atoms. The van der Waals surface area contributed by atoms with Gasteiger partial charge in [-0.1, -0.05) is 11.2 Å². The Labute approximate surface area is 145 Å². The zero-order chi connectivity index (χ0) is 17.8. The lowest BCUT2D eigenvalue weighted by Crippen LogP contribution is -2.14. The molecule has 1 aromatic heterocycles. The van der Waals surface area contributed by atoms with Crippen molar-refractivity contribution in [1.82, 2.24) is 10.1 Å². The molecule has 0 saturated carbocycles. The van der Waals surface area contributed by atoms with E-state index in [9.17, 15) is 4.79 Å². The predicted molar refractivity (Wildman–Crippen MR) is 94.5 cm³/mol. The second-order valence-electron chi connectivity index (χ2n) is 5.84. The van der Waals surface area contributed by atoms with Crippen LogP contribution in [0, 0.1) is 13.8 Å². The molecule has 0 aliphatic rings. The number of aromatic nitrogens is 2. The maximum atomic E-state index is 12.2. The number of carbonyl (C=O) groups is 1. The molecule has 1 heterocycles. The maximum Gasteiger partial charge on any atom is 0.236 e. The van der Waals surface area contributed by atoms with Crippen LogP contribution in [0.5, 0.6) is 5.75 Å². The summed E-state index contributed by atoms with van der Waals surface area (Å²) in [4.78, 5) is 16.5. The Kier molecular flexibility index (Phi) is 4.79. The van der Waals surface area contributed by atoms with Crippen LogP contribution in [0.1, 0.15) is 17.0 Å². The van der Waals surface area contributed by atoms with Crippen molar-refractivity contribution in [1.29, 1.82) is 0 Å². The van der Waals surface area contributed by atoms with Gasteiger partial charge in [-0.2, -0.15) is 4.98 Å². The normalized spacial score (nSPS) is 10.5. The van der Waals surface area contributed by atoms with E-state index < -0.39 is 0 Å². The van der Waals surface area contributed by atoms with Gasteiger partial charge in [0.2, 0.25) is 17.6 Å². The molecule has 0 atom stereocenters. The molecule has 128 valence electrons. The average molecular weight is 337 g/mol. The van der Waals surface area contributed by atoms with E-state index in [0.29, 0.717) is 5.82 Å². The van der Waals surface area contributed by atoms with E-state index in [-0.39, 0.29) is 18.2 Å². The minimum Gasteiger partial charge on any atom is -0.497 e. The summed E-state index contributed by atoms with van der Waals surface area (Å²) in [5, 5.41) is 6.78. The lowest BCUT2D eigenvalue weighted by molar-refractivity contribution is -0.115. The van der Waals surface area contributed by atoms with Gasteiger partial charge in [0.25, 0.3) is 0 Å². The van der Waals surface area contributed by atoms with E-state index in [1.807, 2.05) is 50.2 Å². The molecule has 3 rings (SSSR count). The first-order chi connectivity index (χ1) is 12.0. The number of nitrogens with zero attached hydrogens (tertiary/aromatic N) is 2. The molecule has 0 bridgehead atoms. The molecule has 0 saturated heterocycles. The number of aryl methyl sites for hydroxylation is 2. The van der Waals surface area contributed by atoms with Gasteiger partial charge >= 0.3 is 0 Å². The van der Waals surface area contributed by atoms with E-state index in [2.05, 4.69) is 21.5 Å². The van der Waals surface area contributed by atoms with E-state index in [1.54, 1.807) is 7.11 Å². The quantitative estimate of drug-likeness (QED) is 0.770. The number of anilines is 1. The summed E-state index contributed by atoms with van der Waals surface area (Å²) in [6.45, 7) is 3.98. The fourth-order valence-corrected chi connectivity index (χ4v) is 2.57. The van der Waals surface area contributed by atoms with Crippen molar-refractivity contribution >= 4 is 11.6 Å². The van der Waals surface area contributed by atoms with Crippen LogP contribution in [0.25, 0.3) is 11.4 Å². The molecular weight excluding hydrogens is 318 g/mol. The first kappa shape index (κ1) is 16.7. The molecule has 0 spiro atoms. The van der Waals surface area contributed by atoms with Crippen molar-refractivity contribution in [2.24, 2.45) is 0 Å². The van der Waals surface area contributed by atoms with Crippen molar-refractivity contribution < 1.29 is 14.1 Å². The van der Waals surface area contributed by atoms with Crippen molar-refractivity contribution in [3.05, 3.63) is 59.5 Å². The summed E-state index contributed by atoms with van der Waals surface area (Å²) in [6.07, 6.45) is 0.0240. The van der Waals surface area contributed by atoms with Gasteiger partial charge in [0.05, 0.1) is 7.11 Å². The number of nitrogens with one attached hydrogen (secondary N) is 1. The Morgan fingerprint density at radius 1 is 1.12 bits per heavy atom. The van der Waals surface area contributed by atoms with Crippen molar-refractivity contribution in [2.45, 2.75) is 20.3 Å². The molecule has 1 N–H and O–H groups in total. The molecule has 0 fully saturated rings. The summed E-state index contributed by atoms with van der Waals surface area (Å²) >= 11 is 0. The fraction of sp³-hybridized carbons (Fsp3) is 0.211. The van der Waals surface area contributed by atoms with Gasteiger partial charge < -0.3 is 14.6 Å². The molecule has 1 amide bonds. The van der Waals surface area contributed by atoms with Crippen LogP contribution < -0.4 is 10.1 Å². The first-order valence-electron chi connectivity index (χ1n) is 7.88. The number of methoxy groups -OCH3 is 1. The SMILES string of the molecule is COc1ccc(-c2noc(CC(=O)Nc3cc(C)cc(C)c3)n2)cc1. The van der Waals surface area contributed by atoms with Gasteiger partial charge in [0.15, 0.2) is 0 Å². The van der Waals surface area contributed by atoms with Crippen LogP contribution in [-0.2, 0) is 11.2 Å². The minimum absolute atomic E-state index is 0.0240. The van der Waals surface area contributed by atoms with Gasteiger partial charge in [0, 0.05) is 11.3 Å². The summed E-state index contributed by atoms with van der Waals surface area (Å²) < 4.78 is 10.3. The van der Waals surface area contributed by atoms with E-state index >= 15 is 0 Å². The lowest BCUT2D eigenvalue weighted by Gasteiger charge is -2.06. The molecule has 3 aromatic rings. The smallest absolute Gasteiger partial charge is 0.236 e. The van der Waals surface area contributed by atoms with Crippen LogP contribution in [0.4, 0.5) is 5.69 Å². The highest BCUT2D eigenvalue weighted by molar-refractivity contribution is 5.91. The standard InChI is InChI=1S/C19H19N3O3/c1-12-8-13(2)10-15(9-12)20-17(23)11-18-21-19(22-25-18)14-4-6-16(24-3)7-5-14/h4-10H,11H2,1-3H3,(H,20,23). The second kappa shape index (κ2) is 7.17. The number of carbonyl (C=O) groups excluding carboxylic acids is 1. The van der Waals surface area contributed by atoms with E-state index in [4.69, 9.17) is 9.26 Å². The molecule has 0 aliphatic heterocycles. The van der Waals surface area contributed by atoms with Crippen LogP contribution in [-0.4, -0.2) is 23.2 Å². The van der Waals surface area contributed by atoms with Crippen molar-refractivity contribution in [3.63, 3.8) is 0 Å².